The summed E-state index contributed by atoms with van der Waals surface area (Å²) in [7, 11) is 1.82. The molecular formula is C50H57N5O9. The van der Waals surface area contributed by atoms with Crippen molar-refractivity contribution < 1.29 is 39.1 Å². The molecule has 14 nitrogen and oxygen atoms in total. The van der Waals surface area contributed by atoms with Gasteiger partial charge in [0.25, 0.3) is 0 Å². The lowest BCUT2D eigenvalue weighted by molar-refractivity contribution is -0.168. The predicted molar refractivity (Wildman–Crippen MR) is 242 cm³/mol. The number of aliphatic hydroxyl groups is 2. The van der Waals surface area contributed by atoms with E-state index < -0.39 is 48.2 Å². The molecule has 0 saturated carbocycles. The third kappa shape index (κ3) is 7.15. The number of carbonyl (C=O) groups is 1. The molecule has 64 heavy (non-hydrogen) atoms. The first kappa shape index (κ1) is 43.3. The molecule has 0 spiro atoms. The summed E-state index contributed by atoms with van der Waals surface area (Å²) in [5.41, 5.74) is 11.7. The van der Waals surface area contributed by atoms with E-state index in [1.54, 1.807) is 31.3 Å². The summed E-state index contributed by atoms with van der Waals surface area (Å²) >= 11 is 0. The minimum atomic E-state index is -1.30. The highest BCUT2D eigenvalue weighted by atomic mass is 16.6. The topological polar surface area (TPSA) is 223 Å². The van der Waals surface area contributed by atoms with Crippen molar-refractivity contribution in [2.75, 3.05) is 37.8 Å². The van der Waals surface area contributed by atoms with E-state index >= 15 is 0 Å². The van der Waals surface area contributed by atoms with Gasteiger partial charge in [0.1, 0.15) is 63.9 Å². The van der Waals surface area contributed by atoms with Crippen molar-refractivity contribution >= 4 is 28.6 Å². The van der Waals surface area contributed by atoms with Crippen LogP contribution in [0.4, 0.5) is 11.6 Å². The van der Waals surface area contributed by atoms with Crippen molar-refractivity contribution in [2.45, 2.75) is 102 Å². The SMILES string of the molecule is CC=C(CCNC)C(=O)OC1Cc2c3c(c4oc(CO)cc(=O)c4c2O)C2c4ccnc(N)c4C(CCc4ccc(O)cc4C2CO)C2CCc4cc(NCC)ncc4CC2C1(C)O3. The third-order valence-electron chi connectivity index (χ3n) is 14.6. The highest BCUT2D eigenvalue weighted by Crippen LogP contribution is 2.60. The van der Waals surface area contributed by atoms with Crippen LogP contribution in [0, 0.1) is 11.8 Å². The van der Waals surface area contributed by atoms with Crippen molar-refractivity contribution in [3.05, 3.63) is 121 Å². The number of ether oxygens (including phenoxy) is 2. The van der Waals surface area contributed by atoms with Crippen LogP contribution in [0.3, 0.4) is 0 Å². The van der Waals surface area contributed by atoms with Gasteiger partial charge in [0.15, 0.2) is 5.43 Å². The van der Waals surface area contributed by atoms with E-state index in [-0.39, 0.29) is 63.7 Å². The first-order valence-electron chi connectivity index (χ1n) is 22.5. The molecule has 7 atom stereocenters. The van der Waals surface area contributed by atoms with Gasteiger partial charge >= 0.3 is 5.97 Å². The average Bonchev–Trinajstić information content (AvgIpc) is 3.44. The molecule has 14 heteroatoms. The molecule has 2 aromatic carbocycles. The Balaban J connectivity index is 1.42. The first-order chi connectivity index (χ1) is 30.9. The van der Waals surface area contributed by atoms with Gasteiger partial charge in [-0.2, -0.15) is 0 Å². The number of allylic oxidation sites excluding steroid dienone is 1. The molecular weight excluding hydrogens is 815 g/mol. The summed E-state index contributed by atoms with van der Waals surface area (Å²) in [5, 5.41) is 52.1. The number of hydrogen-bond acceptors (Lipinski definition) is 14. The number of aryl methyl sites for hydroxylation is 2. The number of benzene rings is 2. The third-order valence-corrected chi connectivity index (χ3v) is 14.6. The molecule has 0 fully saturated rings. The zero-order valence-electron chi connectivity index (χ0n) is 36.7. The standard InChI is InChI=1S/C50H57N5O9/c1-5-25(13-15-52-4)49(61)63-39-21-35-45(60)43-38(59)20-30(23-56)62-47(43)44-41-33-14-16-54-48(51)42(33)32(12-8-26-7-10-29(58)19-34(26)36(41)24-57)31-11-9-27-18-40(53-6-2)55-22-28(27)17-37(31)50(39,3)64-46(35)44/h5,7,10,14,16,18-20,22,31-32,36-37,39,41,52,56-58,60H,6,8-9,11-13,15,17,21,23-24H2,1-4H3,(H2,51,54)(H,53,55). The lowest BCUT2D eigenvalue weighted by Gasteiger charge is -2.51. The van der Waals surface area contributed by atoms with Gasteiger partial charge < -0.3 is 50.7 Å². The summed E-state index contributed by atoms with van der Waals surface area (Å²) in [6, 6.07) is 10.4. The van der Waals surface area contributed by atoms with Crippen LogP contribution in [-0.4, -0.2) is 74.8 Å². The summed E-state index contributed by atoms with van der Waals surface area (Å²) in [5.74, 6) is -2.03. The zero-order valence-corrected chi connectivity index (χ0v) is 36.7. The molecule has 5 heterocycles. The normalized spacial score (nSPS) is 24.7. The van der Waals surface area contributed by atoms with Gasteiger partial charge in [-0.05, 0) is 137 Å². The molecule has 5 aromatic rings. The molecule has 9 rings (SSSR count). The van der Waals surface area contributed by atoms with Crippen LogP contribution >= 0.6 is 0 Å². The Labute approximate surface area is 371 Å². The van der Waals surface area contributed by atoms with E-state index in [0.717, 1.165) is 39.7 Å². The minimum Gasteiger partial charge on any atom is -0.508 e. The molecule has 7 unspecified atom stereocenters. The van der Waals surface area contributed by atoms with E-state index in [0.29, 0.717) is 74.1 Å². The van der Waals surface area contributed by atoms with Crippen LogP contribution < -0.4 is 26.5 Å². The molecule has 2 aliphatic carbocycles. The lowest BCUT2D eigenvalue weighted by atomic mass is 9.62. The van der Waals surface area contributed by atoms with Crippen LogP contribution in [0.5, 0.6) is 17.2 Å². The number of fused-ring (bicyclic) bond motifs is 9. The highest BCUT2D eigenvalue weighted by molar-refractivity contribution is 5.92. The monoisotopic (exact) mass is 871 g/mol. The van der Waals surface area contributed by atoms with Crippen LogP contribution in [0.15, 0.2) is 69.7 Å². The zero-order chi connectivity index (χ0) is 45.0. The number of hydrogen-bond donors (Lipinski definition) is 7. The van der Waals surface area contributed by atoms with Gasteiger partial charge in [-0.25, -0.2) is 14.8 Å². The Kier molecular flexibility index (Phi) is 11.6. The number of nitrogen functional groups attached to an aromatic ring is 1. The number of nitrogens with zero attached hydrogens (tertiary/aromatic N) is 2. The summed E-state index contributed by atoms with van der Waals surface area (Å²) in [4.78, 5) is 38.2. The quantitative estimate of drug-likeness (QED) is 0.0664. The van der Waals surface area contributed by atoms with Crippen LogP contribution in [0.1, 0.15) is 108 Å². The fourth-order valence-electron chi connectivity index (χ4n) is 11.5. The van der Waals surface area contributed by atoms with Crippen LogP contribution in [-0.2, 0) is 41.8 Å². The number of nitrogens with one attached hydrogen (secondary N) is 2. The van der Waals surface area contributed by atoms with Crippen molar-refractivity contribution in [3.63, 3.8) is 0 Å². The van der Waals surface area contributed by atoms with Gasteiger partial charge in [0.05, 0.1) is 6.61 Å². The summed E-state index contributed by atoms with van der Waals surface area (Å²) < 4.78 is 20.8. The van der Waals surface area contributed by atoms with Gasteiger partial charge in [-0.3, -0.25) is 4.79 Å². The molecule has 8 N–H and O–H groups in total. The largest absolute Gasteiger partial charge is 0.508 e. The number of rotatable bonds is 9. The number of aromatic nitrogens is 2. The number of carbonyl (C=O) groups excluding carboxylic acids is 1. The number of esters is 1. The molecule has 2 aliphatic heterocycles. The number of pyridine rings is 2. The second-order valence-electron chi connectivity index (χ2n) is 17.9. The number of aliphatic hydroxyl groups excluding tert-OH is 2. The molecule has 4 aliphatic rings. The minimum absolute atomic E-state index is 0.0142. The summed E-state index contributed by atoms with van der Waals surface area (Å²) in [6.45, 7) is 6.07. The average molecular weight is 872 g/mol. The van der Waals surface area contributed by atoms with Gasteiger partial charge in [-0.15, -0.1) is 0 Å². The predicted octanol–water partition coefficient (Wildman–Crippen LogP) is 6.03. The van der Waals surface area contributed by atoms with E-state index in [9.17, 15) is 30.0 Å². The Hall–Kier alpha value is -5.96. The highest BCUT2D eigenvalue weighted by Gasteiger charge is 2.57. The summed E-state index contributed by atoms with van der Waals surface area (Å²) in [6.07, 6.45) is 7.83. The Morgan fingerprint density at radius 3 is 2.59 bits per heavy atom. The van der Waals surface area contributed by atoms with E-state index in [2.05, 4.69) is 16.7 Å². The van der Waals surface area contributed by atoms with Crippen molar-refractivity contribution in [3.8, 4) is 17.2 Å². The van der Waals surface area contributed by atoms with E-state index in [1.807, 2.05) is 39.2 Å². The molecule has 0 saturated heterocycles. The number of phenols is 2. The molecule has 3 aromatic heterocycles. The fraction of sp³-hybridized carbons (Fsp3) is 0.440. The van der Waals surface area contributed by atoms with Crippen LogP contribution in [0.25, 0.3) is 11.0 Å². The molecule has 0 amide bonds. The second kappa shape index (κ2) is 17.2. The fourth-order valence-corrected chi connectivity index (χ4v) is 11.5. The number of phenolic OH excluding ortho intramolecular Hbond substituents is 2. The molecule has 336 valence electrons. The maximum atomic E-state index is 14.4. The second-order valence-corrected chi connectivity index (χ2v) is 17.9. The van der Waals surface area contributed by atoms with E-state index in [4.69, 9.17) is 29.6 Å². The Bertz CT molecular complexity index is 2730. The van der Waals surface area contributed by atoms with Gasteiger partial charge in [-0.1, -0.05) is 12.1 Å². The van der Waals surface area contributed by atoms with Crippen LogP contribution in [0.2, 0.25) is 0 Å². The van der Waals surface area contributed by atoms with Crippen molar-refractivity contribution in [1.29, 1.82) is 0 Å². The number of aromatic hydroxyl groups is 2. The number of anilines is 2. The maximum absolute atomic E-state index is 14.4. The Morgan fingerprint density at radius 1 is 1.03 bits per heavy atom. The lowest BCUT2D eigenvalue weighted by Crippen LogP contribution is -2.59. The molecule has 0 radical (unpaired) electrons. The Morgan fingerprint density at radius 2 is 1.84 bits per heavy atom. The maximum Gasteiger partial charge on any atom is 0.334 e. The van der Waals surface area contributed by atoms with Crippen molar-refractivity contribution in [1.82, 2.24) is 15.3 Å². The van der Waals surface area contributed by atoms with Gasteiger partial charge in [0.2, 0.25) is 0 Å². The smallest absolute Gasteiger partial charge is 0.334 e. The molecule has 4 bridgehead atoms. The first-order valence-corrected chi connectivity index (χ1v) is 22.5. The number of nitrogens with two attached hydrogens (primary N) is 1. The van der Waals surface area contributed by atoms with E-state index in [1.165, 1.54) is 0 Å². The van der Waals surface area contributed by atoms with Crippen molar-refractivity contribution in [2.24, 2.45) is 11.8 Å². The van der Waals surface area contributed by atoms with Gasteiger partial charge in [0, 0.05) is 71.4 Å².